The van der Waals surface area contributed by atoms with Crippen molar-refractivity contribution in [3.63, 3.8) is 0 Å². The lowest BCUT2D eigenvalue weighted by molar-refractivity contribution is -0.137. The molecule has 6 aliphatic rings. The molecular formula is C29H44O4. The first-order valence-electron chi connectivity index (χ1n) is 14.1. The van der Waals surface area contributed by atoms with Crippen molar-refractivity contribution in [3.05, 3.63) is 11.6 Å². The Hall–Kier alpha value is -0.710. The Morgan fingerprint density at radius 1 is 0.879 bits per heavy atom. The van der Waals surface area contributed by atoms with Gasteiger partial charge in [0.2, 0.25) is 0 Å². The summed E-state index contributed by atoms with van der Waals surface area (Å²) >= 11 is 0. The van der Waals surface area contributed by atoms with Crippen LogP contribution in [-0.4, -0.2) is 42.4 Å². The van der Waals surface area contributed by atoms with E-state index in [-0.39, 0.29) is 28.8 Å². The molecule has 0 amide bonds. The summed E-state index contributed by atoms with van der Waals surface area (Å²) < 4.78 is 12.4. The molecule has 0 aromatic rings. The molecule has 4 heteroatoms. The van der Waals surface area contributed by atoms with Gasteiger partial charge in [-0.15, -0.1) is 0 Å². The van der Waals surface area contributed by atoms with Crippen molar-refractivity contribution in [2.24, 2.45) is 40.4 Å². The number of Topliss-reactive ketones (excluding diaryl/α,β-unsaturated/α-hetero) is 1. The van der Waals surface area contributed by atoms with Crippen LogP contribution in [0.1, 0.15) is 90.9 Å². The zero-order valence-electron chi connectivity index (χ0n) is 20.8. The number of ether oxygens (including phenoxy) is 2. The van der Waals surface area contributed by atoms with Gasteiger partial charge in [0.05, 0.1) is 18.3 Å². The van der Waals surface area contributed by atoms with Crippen LogP contribution in [0.15, 0.2) is 11.6 Å². The van der Waals surface area contributed by atoms with Gasteiger partial charge in [0, 0.05) is 25.6 Å². The standard InChI is InChI=1S/C29H44O4/c1-28-11-9-18(24-7-3-5-13-32-24)15-19(28)16-22(30)26-20(28)10-12-29(2)21(26)17-23(31)27(29)25-8-4-6-14-33-25/h16,18,20-22,24-27,30H,3-15,17H2,1-2H3/t18-,20?,21?,22?,24?,25?,26?,27+,28-,29-/m0/s1. The summed E-state index contributed by atoms with van der Waals surface area (Å²) in [5, 5.41) is 11.5. The minimum atomic E-state index is -0.410. The third kappa shape index (κ3) is 3.52. The molecule has 6 rings (SSSR count). The molecule has 184 valence electrons. The van der Waals surface area contributed by atoms with Crippen LogP contribution in [0.2, 0.25) is 0 Å². The lowest BCUT2D eigenvalue weighted by Gasteiger charge is -2.59. The van der Waals surface area contributed by atoms with Crippen molar-refractivity contribution < 1.29 is 19.4 Å². The third-order valence-corrected chi connectivity index (χ3v) is 11.4. The molecule has 0 radical (unpaired) electrons. The van der Waals surface area contributed by atoms with Crippen LogP contribution in [-0.2, 0) is 14.3 Å². The van der Waals surface area contributed by atoms with Crippen molar-refractivity contribution in [3.8, 4) is 0 Å². The molecule has 5 fully saturated rings. The summed E-state index contributed by atoms with van der Waals surface area (Å²) in [4.78, 5) is 13.4. The molecule has 6 unspecified atom stereocenters. The zero-order chi connectivity index (χ0) is 22.8. The van der Waals surface area contributed by atoms with Crippen LogP contribution in [0, 0.1) is 40.4 Å². The average molecular weight is 457 g/mol. The minimum absolute atomic E-state index is 0.0178. The summed E-state index contributed by atoms with van der Waals surface area (Å²) in [7, 11) is 0. The van der Waals surface area contributed by atoms with E-state index in [1.165, 1.54) is 44.1 Å². The van der Waals surface area contributed by atoms with E-state index in [4.69, 9.17) is 9.47 Å². The van der Waals surface area contributed by atoms with E-state index in [2.05, 4.69) is 19.9 Å². The largest absolute Gasteiger partial charge is 0.389 e. The first kappa shape index (κ1) is 22.7. The molecule has 10 atom stereocenters. The number of allylic oxidation sites excluding steroid dienone is 1. The van der Waals surface area contributed by atoms with Crippen LogP contribution in [0.3, 0.4) is 0 Å². The first-order valence-corrected chi connectivity index (χ1v) is 14.1. The molecule has 4 nitrogen and oxygen atoms in total. The molecule has 0 spiro atoms. The number of ketones is 1. The SMILES string of the molecule is C[C@]12CC[C@H](C3CCCCO3)CC1=CC(O)C1C2CC[C@@]2(C)C1CC(=O)[C@@H]2C1CCCCO1. The lowest BCUT2D eigenvalue weighted by atomic mass is 9.46. The van der Waals surface area contributed by atoms with Crippen LogP contribution >= 0.6 is 0 Å². The molecule has 2 aliphatic heterocycles. The predicted molar refractivity (Wildman–Crippen MR) is 128 cm³/mol. The number of hydrogen-bond donors (Lipinski definition) is 1. The highest BCUT2D eigenvalue weighted by atomic mass is 16.5. The van der Waals surface area contributed by atoms with E-state index in [1.807, 2.05) is 0 Å². The highest BCUT2D eigenvalue weighted by molar-refractivity contribution is 5.85. The zero-order valence-corrected chi connectivity index (χ0v) is 20.8. The van der Waals surface area contributed by atoms with E-state index in [0.717, 1.165) is 45.3 Å². The fourth-order valence-corrected chi connectivity index (χ4v) is 9.63. The molecule has 0 bridgehead atoms. The maximum absolute atomic E-state index is 13.4. The number of carbonyl (C=O) groups excluding carboxylic acids is 1. The van der Waals surface area contributed by atoms with Crippen molar-refractivity contribution in [1.82, 2.24) is 0 Å². The van der Waals surface area contributed by atoms with E-state index >= 15 is 0 Å². The van der Waals surface area contributed by atoms with Crippen molar-refractivity contribution in [1.29, 1.82) is 0 Å². The summed E-state index contributed by atoms with van der Waals surface area (Å²) in [6, 6.07) is 0. The van der Waals surface area contributed by atoms with Gasteiger partial charge in [-0.3, -0.25) is 4.79 Å². The van der Waals surface area contributed by atoms with Gasteiger partial charge >= 0.3 is 0 Å². The van der Waals surface area contributed by atoms with E-state index < -0.39 is 6.10 Å². The summed E-state index contributed by atoms with van der Waals surface area (Å²) in [5.74, 6) is 2.08. The molecule has 33 heavy (non-hydrogen) atoms. The topological polar surface area (TPSA) is 55.8 Å². The number of aliphatic hydroxyl groups excluding tert-OH is 1. The Morgan fingerprint density at radius 2 is 1.61 bits per heavy atom. The molecule has 2 heterocycles. The van der Waals surface area contributed by atoms with Crippen LogP contribution in [0.4, 0.5) is 0 Å². The van der Waals surface area contributed by atoms with Gasteiger partial charge in [0.15, 0.2) is 0 Å². The second-order valence-electron chi connectivity index (χ2n) is 12.9. The maximum atomic E-state index is 13.4. The summed E-state index contributed by atoms with van der Waals surface area (Å²) in [5.41, 5.74) is 1.66. The van der Waals surface area contributed by atoms with Gasteiger partial charge in [-0.1, -0.05) is 25.5 Å². The van der Waals surface area contributed by atoms with Gasteiger partial charge in [-0.25, -0.2) is 0 Å². The second kappa shape index (κ2) is 8.45. The van der Waals surface area contributed by atoms with Crippen molar-refractivity contribution in [2.45, 2.75) is 109 Å². The number of fused-ring (bicyclic) bond motifs is 5. The first-order chi connectivity index (χ1) is 15.9. The monoisotopic (exact) mass is 456 g/mol. The molecule has 3 saturated carbocycles. The van der Waals surface area contributed by atoms with Crippen LogP contribution < -0.4 is 0 Å². The van der Waals surface area contributed by atoms with Gasteiger partial charge in [-0.2, -0.15) is 0 Å². The molecule has 0 aromatic carbocycles. The van der Waals surface area contributed by atoms with Gasteiger partial charge in [-0.05, 0) is 105 Å². The fourth-order valence-electron chi connectivity index (χ4n) is 9.63. The Bertz CT molecular complexity index is 793. The van der Waals surface area contributed by atoms with Crippen LogP contribution in [0.5, 0.6) is 0 Å². The molecular weight excluding hydrogens is 412 g/mol. The normalized spacial score (nSPS) is 52.5. The molecule has 0 aromatic heterocycles. The summed E-state index contributed by atoms with van der Waals surface area (Å²) in [6.45, 7) is 6.58. The number of carbonyl (C=O) groups is 1. The Kier molecular flexibility index (Phi) is 5.82. The fraction of sp³-hybridized carbons (Fsp3) is 0.897. The molecule has 1 N–H and O–H groups in total. The second-order valence-corrected chi connectivity index (χ2v) is 12.9. The van der Waals surface area contributed by atoms with Gasteiger partial charge in [0.1, 0.15) is 5.78 Å². The minimum Gasteiger partial charge on any atom is -0.389 e. The Labute approximate surface area is 199 Å². The van der Waals surface area contributed by atoms with E-state index in [0.29, 0.717) is 36.1 Å². The number of hydrogen-bond acceptors (Lipinski definition) is 4. The highest BCUT2D eigenvalue weighted by Crippen LogP contribution is 2.66. The van der Waals surface area contributed by atoms with Crippen molar-refractivity contribution >= 4 is 5.78 Å². The average Bonchev–Trinajstić information content (AvgIpc) is 3.10. The molecule has 2 saturated heterocycles. The Morgan fingerprint density at radius 3 is 2.30 bits per heavy atom. The van der Waals surface area contributed by atoms with Crippen molar-refractivity contribution in [2.75, 3.05) is 13.2 Å². The smallest absolute Gasteiger partial charge is 0.139 e. The molecule has 4 aliphatic carbocycles. The number of aliphatic hydroxyl groups is 1. The van der Waals surface area contributed by atoms with E-state index in [9.17, 15) is 9.90 Å². The van der Waals surface area contributed by atoms with E-state index in [1.54, 1.807) is 0 Å². The van der Waals surface area contributed by atoms with Gasteiger partial charge < -0.3 is 14.6 Å². The van der Waals surface area contributed by atoms with Gasteiger partial charge in [0.25, 0.3) is 0 Å². The predicted octanol–water partition coefficient (Wildman–Crippen LogP) is 5.47. The Balaban J connectivity index is 1.27. The maximum Gasteiger partial charge on any atom is 0.139 e. The highest BCUT2D eigenvalue weighted by Gasteiger charge is 2.64. The quantitative estimate of drug-likeness (QED) is 0.560. The summed E-state index contributed by atoms with van der Waals surface area (Å²) in [6.07, 6.45) is 15.9. The number of rotatable bonds is 2. The third-order valence-electron chi connectivity index (χ3n) is 11.4. The van der Waals surface area contributed by atoms with Crippen LogP contribution in [0.25, 0.3) is 0 Å². The lowest BCUT2D eigenvalue weighted by Crippen LogP contribution is -2.55.